The number of ketones is 1. The van der Waals surface area contributed by atoms with Crippen LogP contribution in [0.2, 0.25) is 0 Å². The topological polar surface area (TPSA) is 227 Å². The molecule has 85 heavy (non-hydrogen) atoms. The number of ether oxygens (including phenoxy) is 6. The van der Waals surface area contributed by atoms with Crippen LogP contribution in [0, 0.1) is 16.7 Å². The van der Waals surface area contributed by atoms with Crippen LogP contribution in [-0.4, -0.2) is 106 Å². The number of rotatable bonds is 25. The fourth-order valence-electron chi connectivity index (χ4n) is 12.3. The number of aliphatic hydroxyl groups excluding tert-OH is 1. The molecule has 4 aliphatic rings. The maximum absolute atomic E-state index is 15.8. The zero-order valence-corrected chi connectivity index (χ0v) is 49.7. The Kier molecular flexibility index (Phi) is 22.4. The molecule has 8 unspecified atom stereocenters. The zero-order valence-electron chi connectivity index (χ0n) is 49.7. The summed E-state index contributed by atoms with van der Waals surface area (Å²) in [6.45, 7) is 10.1. The van der Waals surface area contributed by atoms with Gasteiger partial charge in [-0.05, 0) is 99.8 Å². The van der Waals surface area contributed by atoms with E-state index in [2.05, 4.69) is 66.9 Å². The fourth-order valence-corrected chi connectivity index (χ4v) is 12.3. The predicted octanol–water partition coefficient (Wildman–Crippen LogP) is 10.8. The first-order valence-electron chi connectivity index (χ1n) is 29.3. The number of nitrogens with one attached hydrogen (secondary N) is 1. The van der Waals surface area contributed by atoms with Gasteiger partial charge in [-0.25, -0.2) is 9.59 Å². The summed E-state index contributed by atoms with van der Waals surface area (Å²) in [7, 11) is 0. The quantitative estimate of drug-likeness (QED) is 0.0407. The van der Waals surface area contributed by atoms with Crippen molar-refractivity contribution in [1.82, 2.24) is 5.32 Å². The van der Waals surface area contributed by atoms with Gasteiger partial charge in [0.1, 0.15) is 30.0 Å². The minimum atomic E-state index is -2.46. The monoisotopic (exact) mass is 1160 g/mol. The van der Waals surface area contributed by atoms with E-state index in [1.807, 2.05) is 18.2 Å². The summed E-state index contributed by atoms with van der Waals surface area (Å²) in [5, 5.41) is 29.2. The van der Waals surface area contributed by atoms with Crippen molar-refractivity contribution in [3.63, 3.8) is 0 Å². The molecule has 1 heterocycles. The Bertz CT molecular complexity index is 3070. The van der Waals surface area contributed by atoms with E-state index in [1.165, 1.54) is 26.0 Å². The van der Waals surface area contributed by atoms with Gasteiger partial charge in [-0.1, -0.05) is 160 Å². The lowest BCUT2D eigenvalue weighted by atomic mass is 9.44. The van der Waals surface area contributed by atoms with Gasteiger partial charge < -0.3 is 44.0 Å². The lowest BCUT2D eigenvalue weighted by Gasteiger charge is -2.67. The summed E-state index contributed by atoms with van der Waals surface area (Å²) in [5.41, 5.74) is -7.33. The van der Waals surface area contributed by atoms with Gasteiger partial charge in [0.2, 0.25) is 6.10 Å². The van der Waals surface area contributed by atoms with Gasteiger partial charge >= 0.3 is 29.8 Å². The lowest BCUT2D eigenvalue weighted by Crippen LogP contribution is -2.82. The molecule has 7 rings (SSSR count). The molecule has 3 aliphatic carbocycles. The number of hydrogen-bond acceptors (Lipinski definition) is 15. The van der Waals surface area contributed by atoms with Crippen molar-refractivity contribution >= 4 is 41.5 Å². The van der Waals surface area contributed by atoms with Gasteiger partial charge in [0.15, 0.2) is 17.5 Å². The second-order valence-corrected chi connectivity index (χ2v) is 22.8. The van der Waals surface area contributed by atoms with E-state index in [-0.39, 0.29) is 48.1 Å². The molecule has 1 saturated heterocycles. The molecule has 3 fully saturated rings. The Balaban J connectivity index is 1.21. The van der Waals surface area contributed by atoms with Gasteiger partial charge in [0.05, 0.1) is 29.6 Å². The van der Waals surface area contributed by atoms with Gasteiger partial charge in [0.25, 0.3) is 5.91 Å². The number of esters is 5. The van der Waals surface area contributed by atoms with E-state index in [1.54, 1.807) is 92.7 Å². The largest absolute Gasteiger partial charge is 0.455 e. The molecular formula is C69H81NO15. The third-order valence-electron chi connectivity index (χ3n) is 16.8. The number of Topliss-reactive ketones (excluding diaryl/α,β-unsaturated/α-hetero) is 1. The highest BCUT2D eigenvalue weighted by Gasteiger charge is 2.78. The number of aliphatic hydroxyl groups is 2. The van der Waals surface area contributed by atoms with Crippen LogP contribution in [0.5, 0.6) is 0 Å². The number of hydrogen-bond donors (Lipinski definition) is 3. The molecule has 2 saturated carbocycles. The standard InChI is InChI=1S/C69H81NO15/c1-8-9-10-11-12-13-14-15-16-17-18-19-20-21-22-23-24-25-35-42-55(74)83-59(57(49-36-29-26-30-37-49)70-63(76)50-38-31-27-32-39-50)65(78)82-52-44-69(79)62(84-64(77)51-40-33-28-34-41-51)60-67(7,53(73)43-54-68(60,45-80-54)85-48(4)72)61(75)58(81-47(3)71)56(46(52)2)66(69,5)6/h9-10,12-13,15-16,18-19,21-22,24-34,36-41,52-54,57-60,62,73,79H,8,11,14,17,20,23,35,42-45H2,1-7H3,(H,70,76)/t52?,53?,54?,57?,58?,59?,60?,62?,67-,68+,69-/m1/s1. The molecule has 16 nitrogen and oxygen atoms in total. The summed E-state index contributed by atoms with van der Waals surface area (Å²) < 4.78 is 37.2. The van der Waals surface area contributed by atoms with E-state index in [0.29, 0.717) is 12.0 Å². The van der Waals surface area contributed by atoms with Crippen LogP contribution in [0.25, 0.3) is 0 Å². The fraction of sp³-hybridized carbons (Fsp3) is 0.435. The normalized spacial score (nSPS) is 27.0. The second-order valence-electron chi connectivity index (χ2n) is 22.8. The third-order valence-corrected chi connectivity index (χ3v) is 16.8. The molecule has 16 heteroatoms. The second kappa shape index (κ2) is 29.3. The number of fused-ring (bicyclic) bond motifs is 5. The van der Waals surface area contributed by atoms with Crippen molar-refractivity contribution in [2.24, 2.45) is 16.7 Å². The van der Waals surface area contributed by atoms with Gasteiger partial charge in [-0.15, -0.1) is 0 Å². The summed E-state index contributed by atoms with van der Waals surface area (Å²) in [4.78, 5) is 101. The maximum atomic E-state index is 15.8. The Hall–Kier alpha value is -7.79. The van der Waals surface area contributed by atoms with Crippen molar-refractivity contribution in [1.29, 1.82) is 0 Å². The number of benzene rings is 3. The molecule has 452 valence electrons. The smallest absolute Gasteiger partial charge is 0.350 e. The summed E-state index contributed by atoms with van der Waals surface area (Å²) in [5.74, 6) is -7.73. The predicted molar refractivity (Wildman–Crippen MR) is 319 cm³/mol. The van der Waals surface area contributed by atoms with E-state index in [4.69, 9.17) is 28.4 Å². The molecule has 1 aliphatic heterocycles. The molecule has 0 aromatic heterocycles. The first kappa shape index (κ1) is 64.8. The Morgan fingerprint density at radius 2 is 1.24 bits per heavy atom. The molecular weight excluding hydrogens is 1080 g/mol. The highest BCUT2D eigenvalue weighted by atomic mass is 16.6. The highest BCUT2D eigenvalue weighted by molar-refractivity contribution is 5.96. The molecule has 1 amide bonds. The molecule has 0 radical (unpaired) electrons. The van der Waals surface area contributed by atoms with Crippen molar-refractivity contribution in [3.8, 4) is 0 Å². The Morgan fingerprint density at radius 1 is 0.706 bits per heavy atom. The van der Waals surface area contributed by atoms with E-state index < -0.39 is 119 Å². The average Bonchev–Trinajstić information content (AvgIpc) is 0.690. The summed E-state index contributed by atoms with van der Waals surface area (Å²) in [6.07, 6.45) is 19.4. The van der Waals surface area contributed by atoms with Crippen LogP contribution >= 0.6 is 0 Å². The maximum Gasteiger partial charge on any atom is 0.350 e. The molecule has 3 N–H and O–H groups in total. The van der Waals surface area contributed by atoms with Crippen molar-refractivity contribution in [3.05, 3.63) is 192 Å². The van der Waals surface area contributed by atoms with Crippen LogP contribution in [-0.2, 0) is 52.4 Å². The van der Waals surface area contributed by atoms with E-state index in [0.717, 1.165) is 46.0 Å². The molecule has 2 bridgehead atoms. The molecule has 3 aromatic rings. The molecule has 0 spiro atoms. The van der Waals surface area contributed by atoms with Crippen LogP contribution in [0.1, 0.15) is 145 Å². The Morgan fingerprint density at radius 3 is 1.75 bits per heavy atom. The van der Waals surface area contributed by atoms with E-state index in [9.17, 15) is 34.2 Å². The average molecular weight is 1160 g/mol. The number of amides is 1. The highest BCUT2D eigenvalue weighted by Crippen LogP contribution is 2.64. The number of carbonyl (C=O) groups is 7. The summed E-state index contributed by atoms with van der Waals surface area (Å²) >= 11 is 0. The van der Waals surface area contributed by atoms with E-state index >= 15 is 9.59 Å². The van der Waals surface area contributed by atoms with Crippen LogP contribution in [0.3, 0.4) is 0 Å². The minimum absolute atomic E-state index is 0.0256. The van der Waals surface area contributed by atoms with Crippen LogP contribution in [0.4, 0.5) is 0 Å². The first-order chi connectivity index (χ1) is 40.7. The van der Waals surface area contributed by atoms with Gasteiger partial charge in [-0.3, -0.25) is 24.0 Å². The SMILES string of the molecule is CCC=CCC=CCC=CCC=CCC=CCC=CCCC(=O)OC(C(=O)OC1C[C@@]2(O)C(OC(=O)c3ccccc3)C3[C@]4(OC(C)=O)COC4CC(O)[C@@]3(C)C(=O)C(OC(C)=O)C(=C1C)C2(C)C)C(NC(=O)c1ccccc1)c1ccccc1. The zero-order chi connectivity index (χ0) is 61.4. The summed E-state index contributed by atoms with van der Waals surface area (Å²) in [6, 6.07) is 23.1. The molecule has 3 aromatic carbocycles. The first-order valence-corrected chi connectivity index (χ1v) is 29.3. The van der Waals surface area contributed by atoms with Crippen molar-refractivity contribution in [2.45, 2.75) is 167 Å². The number of allylic oxidation sites excluding steroid dienone is 12. The molecule has 11 atom stereocenters. The number of carbonyl (C=O) groups excluding carboxylic acids is 7. The van der Waals surface area contributed by atoms with Crippen molar-refractivity contribution in [2.75, 3.05) is 6.61 Å². The van der Waals surface area contributed by atoms with Crippen LogP contribution < -0.4 is 5.32 Å². The lowest BCUT2D eigenvalue weighted by molar-refractivity contribution is -0.346. The van der Waals surface area contributed by atoms with Crippen LogP contribution in [0.15, 0.2) is 175 Å². The van der Waals surface area contributed by atoms with Gasteiger partial charge in [-0.2, -0.15) is 0 Å². The van der Waals surface area contributed by atoms with Gasteiger partial charge in [0, 0.05) is 44.1 Å². The third kappa shape index (κ3) is 14.8. The van der Waals surface area contributed by atoms with Crippen molar-refractivity contribution < 1.29 is 72.2 Å². The minimum Gasteiger partial charge on any atom is -0.455 e. The Labute approximate surface area is 498 Å².